The van der Waals surface area contributed by atoms with Crippen molar-refractivity contribution in [1.29, 1.82) is 0 Å². The van der Waals surface area contributed by atoms with E-state index < -0.39 is 0 Å². The van der Waals surface area contributed by atoms with E-state index in [0.29, 0.717) is 5.92 Å². The molecule has 0 aliphatic carbocycles. The van der Waals surface area contributed by atoms with Crippen molar-refractivity contribution in [2.75, 3.05) is 12.8 Å². The van der Waals surface area contributed by atoms with Crippen molar-refractivity contribution in [3.8, 4) is 16.9 Å². The summed E-state index contributed by atoms with van der Waals surface area (Å²) in [6, 6.07) is 8.30. The summed E-state index contributed by atoms with van der Waals surface area (Å²) in [5, 5.41) is 2.93. The van der Waals surface area contributed by atoms with E-state index in [-0.39, 0.29) is 0 Å². The molecule has 0 bridgehead atoms. The summed E-state index contributed by atoms with van der Waals surface area (Å²) < 4.78 is 5.38. The Morgan fingerprint density at radius 1 is 1.18 bits per heavy atom. The first-order chi connectivity index (χ1) is 8.11. The predicted octanol–water partition coefficient (Wildman–Crippen LogP) is 4.13. The molecular weight excluding hydrogens is 230 g/mol. The first-order valence-electron chi connectivity index (χ1n) is 5.64. The number of thiophene rings is 1. The number of rotatable bonds is 3. The summed E-state index contributed by atoms with van der Waals surface area (Å²) in [6.45, 7) is 4.34. The van der Waals surface area contributed by atoms with Gasteiger partial charge >= 0.3 is 0 Å². The van der Waals surface area contributed by atoms with Gasteiger partial charge in [0.15, 0.2) is 0 Å². The number of hydrogen-bond donors (Lipinski definition) is 1. The average molecular weight is 247 g/mol. The van der Waals surface area contributed by atoms with Crippen molar-refractivity contribution < 1.29 is 4.74 Å². The van der Waals surface area contributed by atoms with Gasteiger partial charge in [0.25, 0.3) is 0 Å². The highest BCUT2D eigenvalue weighted by atomic mass is 32.1. The van der Waals surface area contributed by atoms with E-state index in [4.69, 9.17) is 10.5 Å². The minimum atomic E-state index is 0.445. The van der Waals surface area contributed by atoms with Gasteiger partial charge in [-0.1, -0.05) is 19.9 Å². The number of benzene rings is 1. The van der Waals surface area contributed by atoms with E-state index >= 15 is 0 Å². The molecule has 0 radical (unpaired) electrons. The van der Waals surface area contributed by atoms with E-state index in [9.17, 15) is 0 Å². The molecule has 2 aromatic rings. The standard InChI is InChI=1S/C14H17NOS/c1-9(2)12-6-10(4-5-13(12)16-3)11-7-14(15)17-8-11/h4-9H,15H2,1-3H3. The van der Waals surface area contributed by atoms with Gasteiger partial charge in [-0.25, -0.2) is 0 Å². The van der Waals surface area contributed by atoms with Crippen LogP contribution in [0.25, 0.3) is 11.1 Å². The van der Waals surface area contributed by atoms with Crippen LogP contribution >= 0.6 is 11.3 Å². The molecule has 0 aliphatic rings. The van der Waals surface area contributed by atoms with E-state index in [1.54, 1.807) is 18.4 Å². The maximum atomic E-state index is 5.76. The lowest BCUT2D eigenvalue weighted by atomic mass is 9.97. The third-order valence-electron chi connectivity index (χ3n) is 2.80. The highest BCUT2D eigenvalue weighted by Crippen LogP contribution is 2.33. The highest BCUT2D eigenvalue weighted by Gasteiger charge is 2.09. The van der Waals surface area contributed by atoms with E-state index in [1.807, 2.05) is 12.1 Å². The van der Waals surface area contributed by atoms with Gasteiger partial charge in [-0.2, -0.15) is 0 Å². The Morgan fingerprint density at radius 2 is 1.94 bits per heavy atom. The quantitative estimate of drug-likeness (QED) is 0.885. The van der Waals surface area contributed by atoms with Crippen LogP contribution in [0.4, 0.5) is 5.00 Å². The summed E-state index contributed by atoms with van der Waals surface area (Å²) in [6.07, 6.45) is 0. The summed E-state index contributed by atoms with van der Waals surface area (Å²) in [4.78, 5) is 0. The molecule has 3 heteroatoms. The lowest BCUT2D eigenvalue weighted by Crippen LogP contribution is -1.94. The smallest absolute Gasteiger partial charge is 0.122 e. The number of hydrogen-bond acceptors (Lipinski definition) is 3. The van der Waals surface area contributed by atoms with Crippen molar-refractivity contribution >= 4 is 16.3 Å². The molecule has 0 aliphatic heterocycles. The highest BCUT2D eigenvalue weighted by molar-refractivity contribution is 7.14. The van der Waals surface area contributed by atoms with Crippen LogP contribution in [-0.4, -0.2) is 7.11 Å². The zero-order valence-corrected chi connectivity index (χ0v) is 11.2. The molecule has 0 amide bonds. The molecular formula is C14H17NOS. The zero-order valence-electron chi connectivity index (χ0n) is 10.4. The van der Waals surface area contributed by atoms with E-state index in [0.717, 1.165) is 10.8 Å². The molecule has 1 aromatic heterocycles. The van der Waals surface area contributed by atoms with Crippen molar-refractivity contribution in [2.24, 2.45) is 0 Å². The molecule has 2 nitrogen and oxygen atoms in total. The molecule has 90 valence electrons. The molecule has 0 spiro atoms. The number of anilines is 1. The third-order valence-corrected chi connectivity index (χ3v) is 3.57. The molecule has 2 N–H and O–H groups in total. The fourth-order valence-corrected chi connectivity index (χ4v) is 2.53. The number of nitrogen functional groups attached to an aromatic ring is 1. The molecule has 1 aromatic carbocycles. The van der Waals surface area contributed by atoms with Gasteiger partial charge in [0.2, 0.25) is 0 Å². The largest absolute Gasteiger partial charge is 0.496 e. The maximum Gasteiger partial charge on any atom is 0.122 e. The average Bonchev–Trinajstić information content (AvgIpc) is 2.75. The fraction of sp³-hybridized carbons (Fsp3) is 0.286. The van der Waals surface area contributed by atoms with Gasteiger partial charge in [-0.05, 0) is 40.8 Å². The molecule has 0 unspecified atom stereocenters. The Bertz CT molecular complexity index is 517. The van der Waals surface area contributed by atoms with E-state index in [1.165, 1.54) is 16.7 Å². The number of nitrogens with two attached hydrogens (primary N) is 1. The van der Waals surface area contributed by atoms with Gasteiger partial charge in [0, 0.05) is 5.38 Å². The molecule has 0 fully saturated rings. The summed E-state index contributed by atoms with van der Waals surface area (Å²) >= 11 is 1.57. The molecule has 0 atom stereocenters. The molecule has 2 rings (SSSR count). The monoisotopic (exact) mass is 247 g/mol. The summed E-state index contributed by atoms with van der Waals surface area (Å²) in [7, 11) is 1.71. The van der Waals surface area contributed by atoms with Crippen LogP contribution in [0.2, 0.25) is 0 Å². The van der Waals surface area contributed by atoms with Crippen molar-refractivity contribution in [3.63, 3.8) is 0 Å². The molecule has 17 heavy (non-hydrogen) atoms. The van der Waals surface area contributed by atoms with E-state index in [2.05, 4.69) is 31.4 Å². The second kappa shape index (κ2) is 4.80. The third kappa shape index (κ3) is 2.44. The number of ether oxygens (including phenoxy) is 1. The normalized spacial score (nSPS) is 10.8. The SMILES string of the molecule is COc1ccc(-c2csc(N)c2)cc1C(C)C. The number of methoxy groups -OCH3 is 1. The molecule has 0 saturated carbocycles. The Hall–Kier alpha value is -1.48. The predicted molar refractivity (Wildman–Crippen MR) is 74.8 cm³/mol. The fourth-order valence-electron chi connectivity index (χ4n) is 1.87. The molecule has 0 saturated heterocycles. The van der Waals surface area contributed by atoms with Crippen LogP contribution in [0.3, 0.4) is 0 Å². The van der Waals surface area contributed by atoms with Crippen LogP contribution < -0.4 is 10.5 Å². The van der Waals surface area contributed by atoms with Crippen molar-refractivity contribution in [2.45, 2.75) is 19.8 Å². The minimum Gasteiger partial charge on any atom is -0.496 e. The first kappa shape index (κ1) is 12.0. The van der Waals surface area contributed by atoms with Gasteiger partial charge in [0.05, 0.1) is 12.1 Å². The van der Waals surface area contributed by atoms with Crippen LogP contribution in [0.1, 0.15) is 25.3 Å². The van der Waals surface area contributed by atoms with Crippen LogP contribution in [-0.2, 0) is 0 Å². The van der Waals surface area contributed by atoms with Gasteiger partial charge in [0.1, 0.15) is 5.75 Å². The zero-order chi connectivity index (χ0) is 12.4. The van der Waals surface area contributed by atoms with Crippen LogP contribution in [0.15, 0.2) is 29.6 Å². The Kier molecular flexibility index (Phi) is 3.38. The molecule has 1 heterocycles. The summed E-state index contributed by atoms with van der Waals surface area (Å²) in [5.41, 5.74) is 9.37. The Labute approximate surface area is 106 Å². The topological polar surface area (TPSA) is 35.2 Å². The van der Waals surface area contributed by atoms with Crippen LogP contribution in [0.5, 0.6) is 5.75 Å². The first-order valence-corrected chi connectivity index (χ1v) is 6.52. The lowest BCUT2D eigenvalue weighted by Gasteiger charge is -2.13. The van der Waals surface area contributed by atoms with Gasteiger partial charge in [-0.3, -0.25) is 0 Å². The second-order valence-corrected chi connectivity index (χ2v) is 5.29. The van der Waals surface area contributed by atoms with Crippen LogP contribution in [0, 0.1) is 0 Å². The Balaban J connectivity index is 2.47. The lowest BCUT2D eigenvalue weighted by molar-refractivity contribution is 0.407. The second-order valence-electron chi connectivity index (χ2n) is 4.35. The van der Waals surface area contributed by atoms with Crippen molar-refractivity contribution in [3.05, 3.63) is 35.2 Å². The van der Waals surface area contributed by atoms with Gasteiger partial charge < -0.3 is 10.5 Å². The maximum absolute atomic E-state index is 5.76. The Morgan fingerprint density at radius 3 is 2.47 bits per heavy atom. The van der Waals surface area contributed by atoms with Crippen molar-refractivity contribution in [1.82, 2.24) is 0 Å². The summed E-state index contributed by atoms with van der Waals surface area (Å²) in [5.74, 6) is 1.40. The van der Waals surface area contributed by atoms with Gasteiger partial charge in [-0.15, -0.1) is 11.3 Å². The minimum absolute atomic E-state index is 0.445.